The number of nitrogens with zero attached hydrogens (tertiary/aromatic N) is 1. The standard InChI is InChI=1S/C8H13N3O/c1-11(2)5-6-7(12)3-4-10-8(6)9/h3-4H,5H2,1-2H3,(H3,9,10,12). The summed E-state index contributed by atoms with van der Waals surface area (Å²) >= 11 is 0. The monoisotopic (exact) mass is 167 g/mol. The van der Waals surface area contributed by atoms with E-state index >= 15 is 0 Å². The van der Waals surface area contributed by atoms with Gasteiger partial charge in [-0.15, -0.1) is 0 Å². The summed E-state index contributed by atoms with van der Waals surface area (Å²) in [6, 6.07) is 1.48. The fourth-order valence-electron chi connectivity index (χ4n) is 1.01. The minimum atomic E-state index is -0.0139. The van der Waals surface area contributed by atoms with Crippen molar-refractivity contribution in [2.45, 2.75) is 6.54 Å². The number of hydrogen-bond donors (Lipinski definition) is 2. The Bertz CT molecular complexity index is 316. The van der Waals surface area contributed by atoms with Gasteiger partial charge in [0.05, 0.1) is 5.56 Å². The first kappa shape index (κ1) is 8.80. The van der Waals surface area contributed by atoms with Gasteiger partial charge in [-0.25, -0.2) is 0 Å². The van der Waals surface area contributed by atoms with Crippen molar-refractivity contribution in [2.75, 3.05) is 19.8 Å². The number of H-pyrrole nitrogens is 1. The lowest BCUT2D eigenvalue weighted by Gasteiger charge is -2.10. The Labute approximate surface area is 71.0 Å². The smallest absolute Gasteiger partial charge is 0.188 e. The van der Waals surface area contributed by atoms with E-state index in [1.165, 1.54) is 6.07 Å². The second-order valence-electron chi connectivity index (χ2n) is 2.97. The van der Waals surface area contributed by atoms with Crippen LogP contribution in [0.15, 0.2) is 17.1 Å². The van der Waals surface area contributed by atoms with E-state index in [0.29, 0.717) is 17.9 Å². The number of nitrogens with two attached hydrogens (primary N) is 1. The Morgan fingerprint density at radius 3 is 2.75 bits per heavy atom. The van der Waals surface area contributed by atoms with Crippen molar-refractivity contribution in [3.05, 3.63) is 28.0 Å². The molecule has 1 rings (SSSR count). The lowest BCUT2D eigenvalue weighted by atomic mass is 10.2. The van der Waals surface area contributed by atoms with Crippen molar-refractivity contribution in [3.8, 4) is 0 Å². The molecule has 0 spiro atoms. The number of anilines is 1. The number of aromatic amines is 1. The Morgan fingerprint density at radius 1 is 1.58 bits per heavy atom. The molecule has 0 unspecified atom stereocenters. The highest BCUT2D eigenvalue weighted by Crippen LogP contribution is 2.02. The predicted octanol–water partition coefficient (Wildman–Crippen LogP) is 0.0187. The second kappa shape index (κ2) is 3.40. The summed E-state index contributed by atoms with van der Waals surface area (Å²) in [6.07, 6.45) is 1.55. The summed E-state index contributed by atoms with van der Waals surface area (Å²) in [5.74, 6) is 0.455. The van der Waals surface area contributed by atoms with Crippen LogP contribution in [-0.4, -0.2) is 24.0 Å². The van der Waals surface area contributed by atoms with Crippen molar-refractivity contribution >= 4 is 5.82 Å². The number of rotatable bonds is 2. The molecule has 1 aromatic heterocycles. The molecule has 4 nitrogen and oxygen atoms in total. The fraction of sp³-hybridized carbons (Fsp3) is 0.375. The van der Waals surface area contributed by atoms with Gasteiger partial charge in [-0.2, -0.15) is 0 Å². The highest BCUT2D eigenvalue weighted by molar-refractivity contribution is 5.38. The molecule has 0 aromatic carbocycles. The molecule has 0 aliphatic heterocycles. The van der Waals surface area contributed by atoms with E-state index in [1.807, 2.05) is 19.0 Å². The summed E-state index contributed by atoms with van der Waals surface area (Å²) < 4.78 is 0. The maximum atomic E-state index is 11.2. The largest absolute Gasteiger partial charge is 0.385 e. The lowest BCUT2D eigenvalue weighted by molar-refractivity contribution is 0.401. The number of pyridine rings is 1. The third kappa shape index (κ3) is 1.85. The van der Waals surface area contributed by atoms with E-state index in [2.05, 4.69) is 4.98 Å². The summed E-state index contributed by atoms with van der Waals surface area (Å²) in [4.78, 5) is 15.9. The van der Waals surface area contributed by atoms with Crippen LogP contribution in [0.25, 0.3) is 0 Å². The zero-order chi connectivity index (χ0) is 9.14. The fourth-order valence-corrected chi connectivity index (χ4v) is 1.01. The first-order valence-corrected chi connectivity index (χ1v) is 3.72. The van der Waals surface area contributed by atoms with E-state index in [0.717, 1.165) is 0 Å². The van der Waals surface area contributed by atoms with Crippen LogP contribution >= 0.6 is 0 Å². The Balaban J connectivity index is 3.05. The van der Waals surface area contributed by atoms with E-state index in [-0.39, 0.29) is 5.43 Å². The summed E-state index contributed by atoms with van der Waals surface area (Å²) in [7, 11) is 3.79. The van der Waals surface area contributed by atoms with Crippen LogP contribution in [0.4, 0.5) is 5.82 Å². The van der Waals surface area contributed by atoms with Crippen molar-refractivity contribution in [1.82, 2.24) is 9.88 Å². The minimum absolute atomic E-state index is 0.0139. The zero-order valence-electron chi connectivity index (χ0n) is 7.29. The molecule has 1 heterocycles. The average molecular weight is 167 g/mol. The molecule has 0 bridgehead atoms. The van der Waals surface area contributed by atoms with Gasteiger partial charge in [0.1, 0.15) is 5.82 Å². The number of aromatic nitrogens is 1. The molecule has 0 fully saturated rings. The van der Waals surface area contributed by atoms with Crippen LogP contribution in [0.5, 0.6) is 0 Å². The van der Waals surface area contributed by atoms with Crippen LogP contribution in [-0.2, 0) is 6.54 Å². The first-order valence-electron chi connectivity index (χ1n) is 3.72. The summed E-state index contributed by atoms with van der Waals surface area (Å²) in [5.41, 5.74) is 6.20. The van der Waals surface area contributed by atoms with Crippen molar-refractivity contribution in [3.63, 3.8) is 0 Å². The molecule has 0 atom stereocenters. The molecule has 1 aromatic rings. The molecule has 0 radical (unpaired) electrons. The predicted molar refractivity (Wildman–Crippen MR) is 48.9 cm³/mol. The average Bonchev–Trinajstić information content (AvgIpc) is 1.97. The topological polar surface area (TPSA) is 62.1 Å². The van der Waals surface area contributed by atoms with Gasteiger partial charge in [-0.05, 0) is 14.1 Å². The third-order valence-corrected chi connectivity index (χ3v) is 1.57. The van der Waals surface area contributed by atoms with E-state index in [9.17, 15) is 4.79 Å². The Morgan fingerprint density at radius 2 is 2.25 bits per heavy atom. The molecule has 66 valence electrons. The quantitative estimate of drug-likeness (QED) is 0.652. The highest BCUT2D eigenvalue weighted by Gasteiger charge is 2.04. The number of nitrogen functional groups attached to an aromatic ring is 1. The molecule has 12 heavy (non-hydrogen) atoms. The SMILES string of the molecule is CN(C)Cc1c(N)[nH]ccc1=O. The van der Waals surface area contributed by atoms with Gasteiger partial charge < -0.3 is 15.6 Å². The van der Waals surface area contributed by atoms with Crippen LogP contribution in [0.3, 0.4) is 0 Å². The first-order chi connectivity index (χ1) is 5.61. The third-order valence-electron chi connectivity index (χ3n) is 1.57. The van der Waals surface area contributed by atoms with E-state index < -0.39 is 0 Å². The highest BCUT2D eigenvalue weighted by atomic mass is 16.1. The molecular formula is C8H13N3O. The molecule has 4 heteroatoms. The van der Waals surface area contributed by atoms with Crippen LogP contribution in [0.2, 0.25) is 0 Å². The molecule has 0 aliphatic carbocycles. The van der Waals surface area contributed by atoms with Crippen LogP contribution in [0.1, 0.15) is 5.56 Å². The maximum absolute atomic E-state index is 11.2. The van der Waals surface area contributed by atoms with Crippen molar-refractivity contribution < 1.29 is 0 Å². The number of nitrogens with one attached hydrogen (secondary N) is 1. The molecule has 0 saturated carbocycles. The van der Waals surface area contributed by atoms with Gasteiger partial charge in [-0.1, -0.05) is 0 Å². The van der Waals surface area contributed by atoms with Crippen molar-refractivity contribution in [2.24, 2.45) is 0 Å². The van der Waals surface area contributed by atoms with Gasteiger partial charge in [0.25, 0.3) is 0 Å². The molecular weight excluding hydrogens is 154 g/mol. The van der Waals surface area contributed by atoms with Gasteiger partial charge in [0.15, 0.2) is 5.43 Å². The van der Waals surface area contributed by atoms with Crippen LogP contribution in [0, 0.1) is 0 Å². The van der Waals surface area contributed by atoms with Gasteiger partial charge in [-0.3, -0.25) is 4.79 Å². The van der Waals surface area contributed by atoms with Gasteiger partial charge >= 0.3 is 0 Å². The summed E-state index contributed by atoms with van der Waals surface area (Å²) in [5, 5.41) is 0. The van der Waals surface area contributed by atoms with Gasteiger partial charge in [0, 0.05) is 18.8 Å². The van der Waals surface area contributed by atoms with E-state index in [4.69, 9.17) is 5.73 Å². The normalized spacial score (nSPS) is 10.6. The van der Waals surface area contributed by atoms with Crippen molar-refractivity contribution in [1.29, 1.82) is 0 Å². The number of hydrogen-bond acceptors (Lipinski definition) is 3. The molecule has 0 saturated heterocycles. The zero-order valence-corrected chi connectivity index (χ0v) is 7.29. The van der Waals surface area contributed by atoms with Crippen LogP contribution < -0.4 is 11.2 Å². The second-order valence-corrected chi connectivity index (χ2v) is 2.97. The molecule has 0 aliphatic rings. The van der Waals surface area contributed by atoms with E-state index in [1.54, 1.807) is 6.20 Å². The lowest BCUT2D eigenvalue weighted by Crippen LogP contribution is -2.20. The van der Waals surface area contributed by atoms with Gasteiger partial charge in [0.2, 0.25) is 0 Å². The molecule has 3 N–H and O–H groups in total. The Hall–Kier alpha value is -1.29. The summed E-state index contributed by atoms with van der Waals surface area (Å²) in [6.45, 7) is 0.571. The maximum Gasteiger partial charge on any atom is 0.188 e. The minimum Gasteiger partial charge on any atom is -0.385 e. The Kier molecular flexibility index (Phi) is 2.50. The molecule has 0 amide bonds.